The average Bonchev–Trinajstić information content (AvgIpc) is 2.53. The highest BCUT2D eigenvalue weighted by Gasteiger charge is 2.10. The van der Waals surface area contributed by atoms with Crippen LogP contribution in [0, 0.1) is 13.8 Å². The smallest absolute Gasteiger partial charge is 0.00267 e. The van der Waals surface area contributed by atoms with Crippen LogP contribution < -0.4 is 0 Å². The molecule has 0 aromatic heterocycles. The summed E-state index contributed by atoms with van der Waals surface area (Å²) in [7, 11) is 0. The van der Waals surface area contributed by atoms with Crippen molar-refractivity contribution in [1.82, 2.24) is 0 Å². The molecule has 22 heavy (non-hydrogen) atoms. The van der Waals surface area contributed by atoms with Crippen molar-refractivity contribution >= 4 is 21.5 Å². The lowest BCUT2D eigenvalue weighted by Crippen LogP contribution is -1.87. The van der Waals surface area contributed by atoms with Crippen molar-refractivity contribution in [2.24, 2.45) is 0 Å². The summed E-state index contributed by atoms with van der Waals surface area (Å²) in [5.74, 6) is 0. The summed E-state index contributed by atoms with van der Waals surface area (Å²) in [6.45, 7) is 4.31. The Hall–Kier alpha value is -2.60. The summed E-state index contributed by atoms with van der Waals surface area (Å²) >= 11 is 0. The number of benzene rings is 4. The number of rotatable bonds is 1. The zero-order valence-electron chi connectivity index (χ0n) is 12.9. The van der Waals surface area contributed by atoms with E-state index in [0.29, 0.717) is 0 Å². The summed E-state index contributed by atoms with van der Waals surface area (Å²) < 4.78 is 0. The minimum Gasteiger partial charge on any atom is -0.0622 e. The van der Waals surface area contributed by atoms with E-state index in [1.807, 2.05) is 0 Å². The summed E-state index contributed by atoms with van der Waals surface area (Å²) in [6.07, 6.45) is 0. The van der Waals surface area contributed by atoms with Gasteiger partial charge in [0.1, 0.15) is 0 Å². The van der Waals surface area contributed by atoms with E-state index in [-0.39, 0.29) is 0 Å². The third kappa shape index (κ3) is 2.08. The van der Waals surface area contributed by atoms with E-state index in [9.17, 15) is 0 Å². The Kier molecular flexibility index (Phi) is 2.97. The molecular weight excluding hydrogens is 264 g/mol. The molecule has 0 bridgehead atoms. The molecule has 0 fully saturated rings. The summed E-state index contributed by atoms with van der Waals surface area (Å²) in [6, 6.07) is 26.5. The minimum atomic E-state index is 1.28. The van der Waals surface area contributed by atoms with Crippen LogP contribution in [0.1, 0.15) is 11.1 Å². The molecule has 0 N–H and O–H groups in total. The third-order valence-corrected chi connectivity index (χ3v) is 4.33. The molecule has 0 amide bonds. The van der Waals surface area contributed by atoms with Crippen molar-refractivity contribution in [2.45, 2.75) is 13.8 Å². The Morgan fingerprint density at radius 3 is 2.09 bits per heavy atom. The second-order valence-electron chi connectivity index (χ2n) is 6.07. The lowest BCUT2D eigenvalue weighted by molar-refractivity contribution is 1.50. The second-order valence-corrected chi connectivity index (χ2v) is 6.07. The van der Waals surface area contributed by atoms with Gasteiger partial charge in [-0.2, -0.15) is 0 Å². The third-order valence-electron chi connectivity index (χ3n) is 4.33. The predicted molar refractivity (Wildman–Crippen MR) is 96.4 cm³/mol. The van der Waals surface area contributed by atoms with Crippen molar-refractivity contribution in [2.75, 3.05) is 0 Å². The Morgan fingerprint density at radius 1 is 0.545 bits per heavy atom. The van der Waals surface area contributed by atoms with E-state index in [2.05, 4.69) is 86.6 Å². The maximum atomic E-state index is 2.31. The first-order chi connectivity index (χ1) is 10.7. The number of hydrogen-bond donors (Lipinski definition) is 0. The van der Waals surface area contributed by atoms with Crippen LogP contribution in [0.4, 0.5) is 0 Å². The van der Waals surface area contributed by atoms with Gasteiger partial charge in [-0.25, -0.2) is 0 Å². The molecule has 4 aromatic carbocycles. The molecular formula is C22H18. The van der Waals surface area contributed by atoms with Gasteiger partial charge in [0.2, 0.25) is 0 Å². The molecule has 4 aromatic rings. The van der Waals surface area contributed by atoms with E-state index >= 15 is 0 Å². The van der Waals surface area contributed by atoms with Gasteiger partial charge in [0.15, 0.2) is 0 Å². The second kappa shape index (κ2) is 4.99. The van der Waals surface area contributed by atoms with Crippen molar-refractivity contribution in [3.05, 3.63) is 83.9 Å². The lowest BCUT2D eigenvalue weighted by Gasteiger charge is -2.13. The number of fused-ring (bicyclic) bond motifs is 2. The Bertz CT molecular complexity index is 979. The highest BCUT2D eigenvalue weighted by molar-refractivity contribution is 6.12. The van der Waals surface area contributed by atoms with Crippen molar-refractivity contribution in [3.8, 4) is 11.1 Å². The molecule has 4 rings (SSSR count). The topological polar surface area (TPSA) is 0 Å². The van der Waals surface area contributed by atoms with Crippen LogP contribution in [0.15, 0.2) is 72.8 Å². The van der Waals surface area contributed by atoms with Crippen LogP contribution in [-0.2, 0) is 0 Å². The molecule has 0 aliphatic carbocycles. The van der Waals surface area contributed by atoms with Gasteiger partial charge < -0.3 is 0 Å². The molecule has 0 heterocycles. The highest BCUT2D eigenvalue weighted by Crippen LogP contribution is 2.37. The first kappa shape index (κ1) is 13.1. The van der Waals surface area contributed by atoms with Gasteiger partial charge in [-0.05, 0) is 52.6 Å². The molecule has 0 atom stereocenters. The molecule has 0 heteroatoms. The van der Waals surface area contributed by atoms with Crippen molar-refractivity contribution < 1.29 is 0 Å². The Labute approximate surface area is 131 Å². The molecule has 0 spiro atoms. The molecule has 106 valence electrons. The monoisotopic (exact) mass is 282 g/mol. The summed E-state index contributed by atoms with van der Waals surface area (Å²) in [5.41, 5.74) is 5.23. The molecule has 0 aliphatic heterocycles. The van der Waals surface area contributed by atoms with Crippen molar-refractivity contribution in [1.29, 1.82) is 0 Å². The summed E-state index contributed by atoms with van der Waals surface area (Å²) in [5, 5.41) is 5.29. The van der Waals surface area contributed by atoms with Crippen LogP contribution in [0.2, 0.25) is 0 Å². The fraction of sp³-hybridized carbons (Fsp3) is 0.0909. The predicted octanol–water partition coefficient (Wildman–Crippen LogP) is 6.28. The van der Waals surface area contributed by atoms with Gasteiger partial charge in [-0.3, -0.25) is 0 Å². The number of aryl methyl sites for hydroxylation is 2. The van der Waals surface area contributed by atoms with Gasteiger partial charge in [0.05, 0.1) is 0 Å². The van der Waals surface area contributed by atoms with Crippen molar-refractivity contribution in [3.63, 3.8) is 0 Å². The van der Waals surface area contributed by atoms with Gasteiger partial charge in [0, 0.05) is 0 Å². The van der Waals surface area contributed by atoms with Gasteiger partial charge in [0.25, 0.3) is 0 Å². The minimum absolute atomic E-state index is 1.28. The zero-order valence-corrected chi connectivity index (χ0v) is 12.9. The van der Waals surface area contributed by atoms with Crippen LogP contribution in [-0.4, -0.2) is 0 Å². The quantitative estimate of drug-likeness (QED) is 0.360. The molecule has 0 saturated carbocycles. The van der Waals surface area contributed by atoms with Gasteiger partial charge in [-0.1, -0.05) is 77.9 Å². The van der Waals surface area contributed by atoms with Gasteiger partial charge >= 0.3 is 0 Å². The van der Waals surface area contributed by atoms with E-state index in [1.54, 1.807) is 0 Å². The zero-order chi connectivity index (χ0) is 15.1. The maximum absolute atomic E-state index is 2.31. The molecule has 0 saturated heterocycles. The maximum Gasteiger partial charge on any atom is -0.00267 e. The summed E-state index contributed by atoms with van der Waals surface area (Å²) in [4.78, 5) is 0. The largest absolute Gasteiger partial charge is 0.0622 e. The van der Waals surface area contributed by atoms with E-state index in [1.165, 1.54) is 43.8 Å². The number of hydrogen-bond acceptors (Lipinski definition) is 0. The van der Waals surface area contributed by atoms with Crippen LogP contribution in [0.25, 0.3) is 32.7 Å². The molecule has 0 unspecified atom stereocenters. The fourth-order valence-corrected chi connectivity index (χ4v) is 3.27. The van der Waals surface area contributed by atoms with E-state index < -0.39 is 0 Å². The SMILES string of the molecule is Cc1ccc2c(-c3ccccc3)c3cc(C)ccc3cc2c1. The van der Waals surface area contributed by atoms with Gasteiger partial charge in [-0.15, -0.1) is 0 Å². The Balaban J connectivity index is 2.23. The fourth-order valence-electron chi connectivity index (χ4n) is 3.27. The Morgan fingerprint density at radius 2 is 1.27 bits per heavy atom. The van der Waals surface area contributed by atoms with E-state index in [4.69, 9.17) is 0 Å². The molecule has 0 radical (unpaired) electrons. The highest BCUT2D eigenvalue weighted by atomic mass is 14.1. The standard InChI is InChI=1S/C22H18/c1-15-9-11-20-19(12-15)14-18-10-8-16(2)13-21(18)22(20)17-6-4-3-5-7-17/h3-14H,1-2H3. The normalized spacial score (nSPS) is 11.2. The van der Waals surface area contributed by atoms with E-state index in [0.717, 1.165) is 0 Å². The average molecular weight is 282 g/mol. The molecule has 0 aliphatic rings. The van der Waals surface area contributed by atoms with Crippen LogP contribution in [0.5, 0.6) is 0 Å². The lowest BCUT2D eigenvalue weighted by atomic mass is 9.91. The van der Waals surface area contributed by atoms with Crippen LogP contribution >= 0.6 is 0 Å². The molecule has 0 nitrogen and oxygen atoms in total. The first-order valence-electron chi connectivity index (χ1n) is 7.71. The van der Waals surface area contributed by atoms with Crippen LogP contribution in [0.3, 0.4) is 0 Å². The first-order valence-corrected chi connectivity index (χ1v) is 7.71.